The predicted molar refractivity (Wildman–Crippen MR) is 76.0 cm³/mol. The van der Waals surface area contributed by atoms with Crippen LogP contribution in [-0.4, -0.2) is 5.11 Å². The molecular weight excluding hydrogens is 255 g/mol. The van der Waals surface area contributed by atoms with Crippen LogP contribution in [0, 0.1) is 31.0 Å². The minimum absolute atomic E-state index is 0.0444. The summed E-state index contributed by atoms with van der Waals surface area (Å²) in [6.45, 7) is 4.21. The summed E-state index contributed by atoms with van der Waals surface area (Å²) < 4.78 is 13.2. The van der Waals surface area contributed by atoms with Crippen molar-refractivity contribution in [1.82, 2.24) is 0 Å². The first-order valence-corrected chi connectivity index (χ1v) is 6.24. The number of nitriles is 1. The van der Waals surface area contributed by atoms with Crippen LogP contribution in [0.1, 0.15) is 22.3 Å². The van der Waals surface area contributed by atoms with Gasteiger partial charge in [-0.3, -0.25) is 0 Å². The highest BCUT2D eigenvalue weighted by molar-refractivity contribution is 5.56. The van der Waals surface area contributed by atoms with Gasteiger partial charge in [-0.15, -0.1) is 0 Å². The second-order valence-corrected chi connectivity index (χ2v) is 4.73. The molecule has 0 spiro atoms. The number of benzene rings is 2. The summed E-state index contributed by atoms with van der Waals surface area (Å²) in [6, 6.07) is 9.86. The minimum atomic E-state index is -0.507. The lowest BCUT2D eigenvalue weighted by Gasteiger charge is -2.12. The highest BCUT2D eigenvalue weighted by Crippen LogP contribution is 2.25. The van der Waals surface area contributed by atoms with Crippen molar-refractivity contribution in [2.75, 3.05) is 5.32 Å². The zero-order valence-electron chi connectivity index (χ0n) is 11.4. The Morgan fingerprint density at radius 1 is 1.20 bits per heavy atom. The number of anilines is 1. The van der Waals surface area contributed by atoms with Crippen molar-refractivity contribution in [2.45, 2.75) is 20.4 Å². The van der Waals surface area contributed by atoms with Crippen molar-refractivity contribution in [3.63, 3.8) is 0 Å². The van der Waals surface area contributed by atoms with Crippen LogP contribution in [0.15, 0.2) is 30.3 Å². The van der Waals surface area contributed by atoms with Crippen LogP contribution in [0.4, 0.5) is 10.1 Å². The van der Waals surface area contributed by atoms with E-state index >= 15 is 0 Å². The van der Waals surface area contributed by atoms with E-state index in [-0.39, 0.29) is 11.3 Å². The first kappa shape index (κ1) is 13.9. The van der Waals surface area contributed by atoms with Crippen LogP contribution in [0.5, 0.6) is 5.75 Å². The summed E-state index contributed by atoms with van der Waals surface area (Å²) in [7, 11) is 0. The zero-order chi connectivity index (χ0) is 14.7. The Labute approximate surface area is 117 Å². The molecule has 0 aliphatic heterocycles. The van der Waals surface area contributed by atoms with Crippen LogP contribution >= 0.6 is 0 Å². The second-order valence-electron chi connectivity index (χ2n) is 4.73. The van der Waals surface area contributed by atoms with Gasteiger partial charge in [-0.2, -0.15) is 5.26 Å². The van der Waals surface area contributed by atoms with Crippen molar-refractivity contribution in [3.8, 4) is 11.8 Å². The molecule has 0 aliphatic rings. The number of halogens is 1. The summed E-state index contributed by atoms with van der Waals surface area (Å²) in [5.74, 6) is -0.241. The SMILES string of the molecule is Cc1cc(NCc2ccc(F)c(C#N)c2)c(C)cc1O. The summed E-state index contributed by atoms with van der Waals surface area (Å²) in [6.07, 6.45) is 0. The summed E-state index contributed by atoms with van der Waals surface area (Å²) in [4.78, 5) is 0. The Hall–Kier alpha value is -2.54. The Bertz CT molecular complexity index is 690. The van der Waals surface area contributed by atoms with Gasteiger partial charge in [-0.1, -0.05) is 6.07 Å². The molecule has 0 fully saturated rings. The average molecular weight is 270 g/mol. The molecule has 0 amide bonds. The highest BCUT2D eigenvalue weighted by Gasteiger charge is 2.05. The quantitative estimate of drug-likeness (QED) is 0.837. The Morgan fingerprint density at radius 3 is 2.65 bits per heavy atom. The van der Waals surface area contributed by atoms with E-state index in [0.29, 0.717) is 6.54 Å². The Kier molecular flexibility index (Phi) is 3.90. The number of hydrogen-bond donors (Lipinski definition) is 2. The molecule has 0 aliphatic carbocycles. The number of aromatic hydroxyl groups is 1. The predicted octanol–water partition coefficient (Wildman–Crippen LogP) is 3.63. The molecule has 2 aromatic carbocycles. The third-order valence-electron chi connectivity index (χ3n) is 3.18. The molecule has 0 saturated heterocycles. The van der Waals surface area contributed by atoms with Crippen molar-refractivity contribution in [2.24, 2.45) is 0 Å². The topological polar surface area (TPSA) is 56.0 Å². The van der Waals surface area contributed by atoms with Gasteiger partial charge >= 0.3 is 0 Å². The van der Waals surface area contributed by atoms with Gasteiger partial charge in [-0.05, 0) is 54.8 Å². The van der Waals surface area contributed by atoms with Crippen LogP contribution in [0.2, 0.25) is 0 Å². The van der Waals surface area contributed by atoms with Crippen LogP contribution in [0.3, 0.4) is 0 Å². The van der Waals surface area contributed by atoms with E-state index in [0.717, 1.165) is 22.4 Å². The average Bonchev–Trinajstić information content (AvgIpc) is 2.43. The summed E-state index contributed by atoms with van der Waals surface area (Å²) in [5, 5.41) is 21.6. The number of phenolic OH excluding ortho intramolecular Hbond substituents is 1. The number of rotatable bonds is 3. The van der Waals surface area contributed by atoms with Crippen molar-refractivity contribution < 1.29 is 9.50 Å². The molecule has 0 radical (unpaired) electrons. The summed E-state index contributed by atoms with van der Waals surface area (Å²) >= 11 is 0. The monoisotopic (exact) mass is 270 g/mol. The van der Waals surface area contributed by atoms with E-state index in [4.69, 9.17) is 5.26 Å². The lowest BCUT2D eigenvalue weighted by Crippen LogP contribution is -2.02. The number of hydrogen-bond acceptors (Lipinski definition) is 3. The van der Waals surface area contributed by atoms with Gasteiger partial charge in [-0.25, -0.2) is 4.39 Å². The number of phenols is 1. The molecule has 3 nitrogen and oxygen atoms in total. The maximum atomic E-state index is 13.2. The van der Waals surface area contributed by atoms with Crippen molar-refractivity contribution in [1.29, 1.82) is 5.26 Å². The zero-order valence-corrected chi connectivity index (χ0v) is 11.4. The van der Waals surface area contributed by atoms with Gasteiger partial charge in [0.1, 0.15) is 17.6 Å². The molecule has 2 aromatic rings. The van der Waals surface area contributed by atoms with Crippen molar-refractivity contribution in [3.05, 3.63) is 58.4 Å². The van der Waals surface area contributed by atoms with Gasteiger partial charge in [0, 0.05) is 12.2 Å². The van der Waals surface area contributed by atoms with Crippen LogP contribution < -0.4 is 5.32 Å². The van der Waals surface area contributed by atoms with E-state index in [1.807, 2.05) is 26.0 Å². The van der Waals surface area contributed by atoms with E-state index in [9.17, 15) is 9.50 Å². The molecule has 0 saturated carbocycles. The smallest absolute Gasteiger partial charge is 0.140 e. The first-order chi connectivity index (χ1) is 9.51. The Balaban J connectivity index is 2.17. The third kappa shape index (κ3) is 2.89. The van der Waals surface area contributed by atoms with Gasteiger partial charge in [0.05, 0.1) is 5.56 Å². The molecule has 0 bridgehead atoms. The molecule has 0 unspecified atom stereocenters. The van der Waals surface area contributed by atoms with Gasteiger partial charge in [0.25, 0.3) is 0 Å². The number of nitrogens with zero attached hydrogens (tertiary/aromatic N) is 1. The Morgan fingerprint density at radius 2 is 1.95 bits per heavy atom. The van der Waals surface area contributed by atoms with Crippen LogP contribution in [-0.2, 0) is 6.54 Å². The van der Waals surface area contributed by atoms with Crippen LogP contribution in [0.25, 0.3) is 0 Å². The van der Waals surface area contributed by atoms with Gasteiger partial charge < -0.3 is 10.4 Å². The van der Waals surface area contributed by atoms with E-state index in [1.165, 1.54) is 12.1 Å². The molecule has 0 aromatic heterocycles. The lowest BCUT2D eigenvalue weighted by atomic mass is 10.1. The number of nitrogens with one attached hydrogen (secondary N) is 1. The second kappa shape index (κ2) is 5.62. The molecule has 20 heavy (non-hydrogen) atoms. The third-order valence-corrected chi connectivity index (χ3v) is 3.18. The maximum absolute atomic E-state index is 13.2. The summed E-state index contributed by atoms with van der Waals surface area (Å²) in [5.41, 5.74) is 3.49. The number of aryl methyl sites for hydroxylation is 2. The lowest BCUT2D eigenvalue weighted by molar-refractivity contribution is 0.471. The standard InChI is InChI=1S/C16H15FN2O/c1-10-6-16(20)11(2)5-15(10)19-9-12-3-4-14(17)13(7-12)8-18/h3-7,19-20H,9H2,1-2H3. The fourth-order valence-corrected chi connectivity index (χ4v) is 1.96. The largest absolute Gasteiger partial charge is 0.508 e. The van der Waals surface area contributed by atoms with E-state index < -0.39 is 5.82 Å². The maximum Gasteiger partial charge on any atom is 0.140 e. The molecular formula is C16H15FN2O. The minimum Gasteiger partial charge on any atom is -0.508 e. The normalized spacial score (nSPS) is 10.1. The fraction of sp³-hybridized carbons (Fsp3) is 0.188. The highest BCUT2D eigenvalue weighted by atomic mass is 19.1. The molecule has 0 heterocycles. The van der Waals surface area contributed by atoms with Gasteiger partial charge in [0.2, 0.25) is 0 Å². The fourth-order valence-electron chi connectivity index (χ4n) is 1.96. The molecule has 102 valence electrons. The molecule has 2 rings (SSSR count). The molecule has 2 N–H and O–H groups in total. The van der Waals surface area contributed by atoms with E-state index in [2.05, 4.69) is 5.32 Å². The van der Waals surface area contributed by atoms with Gasteiger partial charge in [0.15, 0.2) is 0 Å². The van der Waals surface area contributed by atoms with E-state index in [1.54, 1.807) is 12.1 Å². The molecule has 4 heteroatoms. The first-order valence-electron chi connectivity index (χ1n) is 6.24. The molecule has 0 atom stereocenters. The van der Waals surface area contributed by atoms with Crippen molar-refractivity contribution >= 4 is 5.69 Å².